The summed E-state index contributed by atoms with van der Waals surface area (Å²) >= 11 is 0. The normalized spacial score (nSPS) is 10.4. The summed E-state index contributed by atoms with van der Waals surface area (Å²) in [4.78, 5) is 16.3. The molecule has 0 spiro atoms. The number of nitrogens with one attached hydrogen (secondary N) is 1. The number of anilines is 1. The highest BCUT2D eigenvalue weighted by Crippen LogP contribution is 2.25. The van der Waals surface area contributed by atoms with Crippen LogP contribution < -0.4 is 14.8 Å². The molecule has 1 aromatic heterocycles. The van der Waals surface area contributed by atoms with Crippen molar-refractivity contribution in [2.45, 2.75) is 12.8 Å². The van der Waals surface area contributed by atoms with Crippen molar-refractivity contribution in [1.29, 1.82) is 0 Å². The summed E-state index contributed by atoms with van der Waals surface area (Å²) in [7, 11) is 3.24. The molecule has 6 nitrogen and oxygen atoms in total. The molecule has 134 valence electrons. The monoisotopic (exact) mass is 351 g/mol. The molecule has 0 fully saturated rings. The van der Waals surface area contributed by atoms with Crippen LogP contribution in [0.3, 0.4) is 0 Å². The second kappa shape index (κ2) is 8.20. The van der Waals surface area contributed by atoms with E-state index in [-0.39, 0.29) is 5.91 Å². The van der Waals surface area contributed by atoms with Crippen molar-refractivity contribution in [2.75, 3.05) is 19.5 Å². The summed E-state index contributed by atoms with van der Waals surface area (Å²) in [6, 6.07) is 13.2. The van der Waals surface area contributed by atoms with Crippen LogP contribution in [0.5, 0.6) is 11.5 Å². The van der Waals surface area contributed by atoms with Crippen molar-refractivity contribution in [2.24, 2.45) is 0 Å². The van der Waals surface area contributed by atoms with Crippen LogP contribution in [-0.4, -0.2) is 29.7 Å². The smallest absolute Gasteiger partial charge is 0.224 e. The molecule has 3 aromatic rings. The lowest BCUT2D eigenvalue weighted by molar-refractivity contribution is -0.116. The summed E-state index contributed by atoms with van der Waals surface area (Å²) in [5.41, 5.74) is 2.69. The fourth-order valence-corrected chi connectivity index (χ4v) is 2.68. The number of benzene rings is 2. The zero-order valence-corrected chi connectivity index (χ0v) is 14.8. The van der Waals surface area contributed by atoms with Crippen LogP contribution >= 0.6 is 0 Å². The van der Waals surface area contributed by atoms with Crippen molar-refractivity contribution in [3.63, 3.8) is 0 Å². The Morgan fingerprint density at radius 2 is 1.92 bits per heavy atom. The van der Waals surface area contributed by atoms with E-state index in [4.69, 9.17) is 9.47 Å². The van der Waals surface area contributed by atoms with Crippen LogP contribution in [0.25, 0.3) is 5.69 Å². The van der Waals surface area contributed by atoms with Gasteiger partial charge in [-0.05, 0) is 54.4 Å². The standard InChI is InChI=1S/C20H21N3O3/c1-25-18-8-9-19(26-2)15(13-18)3-10-20(24)22-16-4-6-17(7-5-16)23-12-11-21-14-23/h4-9,11-14H,3,10H2,1-2H3,(H,22,24). The van der Waals surface area contributed by atoms with E-state index < -0.39 is 0 Å². The fraction of sp³-hybridized carbons (Fsp3) is 0.200. The first-order chi connectivity index (χ1) is 12.7. The molecule has 26 heavy (non-hydrogen) atoms. The Morgan fingerprint density at radius 3 is 2.58 bits per heavy atom. The molecule has 1 heterocycles. The van der Waals surface area contributed by atoms with E-state index in [0.29, 0.717) is 12.8 Å². The van der Waals surface area contributed by atoms with E-state index in [2.05, 4.69) is 10.3 Å². The molecule has 0 atom stereocenters. The first kappa shape index (κ1) is 17.5. The number of imidazole rings is 1. The molecular formula is C20H21N3O3. The van der Waals surface area contributed by atoms with Gasteiger partial charge in [-0.2, -0.15) is 0 Å². The molecule has 0 bridgehead atoms. The Labute approximate surface area is 152 Å². The van der Waals surface area contributed by atoms with Crippen molar-refractivity contribution >= 4 is 11.6 Å². The third kappa shape index (κ3) is 4.22. The average molecular weight is 351 g/mol. The van der Waals surface area contributed by atoms with E-state index in [1.807, 2.05) is 53.2 Å². The highest BCUT2D eigenvalue weighted by atomic mass is 16.5. The molecule has 1 N–H and O–H groups in total. The molecule has 0 radical (unpaired) electrons. The Kier molecular flexibility index (Phi) is 5.53. The lowest BCUT2D eigenvalue weighted by Gasteiger charge is -2.11. The van der Waals surface area contributed by atoms with Gasteiger partial charge in [-0.25, -0.2) is 4.98 Å². The molecule has 1 amide bonds. The van der Waals surface area contributed by atoms with Gasteiger partial charge in [0.25, 0.3) is 0 Å². The molecule has 0 unspecified atom stereocenters. The molecule has 0 aliphatic carbocycles. The lowest BCUT2D eigenvalue weighted by atomic mass is 10.1. The minimum atomic E-state index is -0.0507. The molecule has 0 aliphatic heterocycles. The summed E-state index contributed by atoms with van der Waals surface area (Å²) < 4.78 is 12.5. The number of hydrogen-bond donors (Lipinski definition) is 1. The van der Waals surface area contributed by atoms with Gasteiger partial charge >= 0.3 is 0 Å². The van der Waals surface area contributed by atoms with Crippen LogP contribution in [0.4, 0.5) is 5.69 Å². The van der Waals surface area contributed by atoms with Crippen LogP contribution in [-0.2, 0) is 11.2 Å². The number of aromatic nitrogens is 2. The quantitative estimate of drug-likeness (QED) is 0.708. The summed E-state index contributed by atoms with van der Waals surface area (Å²) in [5, 5.41) is 2.91. The van der Waals surface area contributed by atoms with Crippen molar-refractivity contribution in [1.82, 2.24) is 9.55 Å². The maximum Gasteiger partial charge on any atom is 0.224 e. The van der Waals surface area contributed by atoms with Gasteiger partial charge in [0.15, 0.2) is 0 Å². The van der Waals surface area contributed by atoms with Crippen LogP contribution in [0, 0.1) is 0 Å². The van der Waals surface area contributed by atoms with Gasteiger partial charge < -0.3 is 19.4 Å². The van der Waals surface area contributed by atoms with Crippen molar-refractivity contribution in [3.8, 4) is 17.2 Å². The predicted molar refractivity (Wildman–Crippen MR) is 100 cm³/mol. The van der Waals surface area contributed by atoms with Crippen molar-refractivity contribution < 1.29 is 14.3 Å². The first-order valence-corrected chi connectivity index (χ1v) is 8.29. The van der Waals surface area contributed by atoms with E-state index in [1.54, 1.807) is 26.7 Å². The lowest BCUT2D eigenvalue weighted by Crippen LogP contribution is -2.12. The number of aryl methyl sites for hydroxylation is 1. The SMILES string of the molecule is COc1ccc(OC)c(CCC(=O)Nc2ccc(-n3ccnc3)cc2)c1. The number of nitrogens with zero attached hydrogens (tertiary/aromatic N) is 2. The van der Waals surface area contributed by atoms with Gasteiger partial charge in [0.1, 0.15) is 11.5 Å². The fourth-order valence-electron chi connectivity index (χ4n) is 2.68. The number of rotatable bonds is 7. The zero-order valence-electron chi connectivity index (χ0n) is 14.8. The summed E-state index contributed by atoms with van der Waals surface area (Å²) in [5.74, 6) is 1.45. The number of carbonyl (C=O) groups excluding carboxylic acids is 1. The second-order valence-corrected chi connectivity index (χ2v) is 5.74. The van der Waals surface area contributed by atoms with E-state index in [0.717, 1.165) is 28.4 Å². The average Bonchev–Trinajstić information content (AvgIpc) is 3.21. The molecule has 2 aromatic carbocycles. The van der Waals surface area contributed by atoms with E-state index >= 15 is 0 Å². The summed E-state index contributed by atoms with van der Waals surface area (Å²) in [6.07, 6.45) is 6.25. The summed E-state index contributed by atoms with van der Waals surface area (Å²) in [6.45, 7) is 0. The molecule has 0 saturated carbocycles. The van der Waals surface area contributed by atoms with Gasteiger partial charge in [-0.1, -0.05) is 0 Å². The van der Waals surface area contributed by atoms with Gasteiger partial charge in [0.2, 0.25) is 5.91 Å². The maximum absolute atomic E-state index is 12.3. The third-order valence-corrected chi connectivity index (χ3v) is 4.06. The van der Waals surface area contributed by atoms with E-state index in [1.165, 1.54) is 0 Å². The Bertz CT molecular complexity index is 859. The minimum Gasteiger partial charge on any atom is -0.497 e. The molecule has 3 rings (SSSR count). The van der Waals surface area contributed by atoms with Crippen LogP contribution in [0.15, 0.2) is 61.2 Å². The third-order valence-electron chi connectivity index (χ3n) is 4.06. The maximum atomic E-state index is 12.3. The van der Waals surface area contributed by atoms with Gasteiger partial charge in [0, 0.05) is 30.2 Å². The van der Waals surface area contributed by atoms with Crippen LogP contribution in [0.2, 0.25) is 0 Å². The largest absolute Gasteiger partial charge is 0.497 e. The molecule has 6 heteroatoms. The van der Waals surface area contributed by atoms with E-state index in [9.17, 15) is 4.79 Å². The zero-order chi connectivity index (χ0) is 18.4. The van der Waals surface area contributed by atoms with Crippen molar-refractivity contribution in [3.05, 3.63) is 66.7 Å². The Balaban J connectivity index is 1.59. The number of ether oxygens (including phenoxy) is 2. The highest BCUT2D eigenvalue weighted by Gasteiger charge is 2.09. The second-order valence-electron chi connectivity index (χ2n) is 5.74. The molecular weight excluding hydrogens is 330 g/mol. The van der Waals surface area contributed by atoms with Gasteiger partial charge in [0.05, 0.1) is 20.5 Å². The predicted octanol–water partition coefficient (Wildman–Crippen LogP) is 3.46. The number of methoxy groups -OCH3 is 2. The van der Waals surface area contributed by atoms with Crippen LogP contribution in [0.1, 0.15) is 12.0 Å². The topological polar surface area (TPSA) is 65.4 Å². The first-order valence-electron chi connectivity index (χ1n) is 8.29. The van der Waals surface area contributed by atoms with Gasteiger partial charge in [-0.3, -0.25) is 4.79 Å². The van der Waals surface area contributed by atoms with Gasteiger partial charge in [-0.15, -0.1) is 0 Å². The number of carbonyl (C=O) groups is 1. The molecule has 0 aliphatic rings. The highest BCUT2D eigenvalue weighted by molar-refractivity contribution is 5.90. The number of amides is 1. The Hall–Kier alpha value is -3.28. The minimum absolute atomic E-state index is 0.0507. The Morgan fingerprint density at radius 1 is 1.12 bits per heavy atom. The molecule has 0 saturated heterocycles. The number of hydrogen-bond acceptors (Lipinski definition) is 4.